The number of rotatable bonds is 6. The normalized spacial score (nSPS) is 15.9. The van der Waals surface area contributed by atoms with E-state index in [1.807, 2.05) is 6.21 Å². The van der Waals surface area contributed by atoms with Crippen molar-refractivity contribution in [3.63, 3.8) is 0 Å². The Hall–Kier alpha value is -0.180. The van der Waals surface area contributed by atoms with E-state index in [9.17, 15) is 0 Å². The number of hydrogen-bond acceptors (Lipinski definition) is 3. The van der Waals surface area contributed by atoms with Crippen molar-refractivity contribution in [3.8, 4) is 0 Å². The lowest BCUT2D eigenvalue weighted by Crippen LogP contribution is -2.15. The molecule has 2 nitrogen and oxygen atoms in total. The van der Waals surface area contributed by atoms with Crippen LogP contribution in [0, 0.1) is 0 Å². The minimum absolute atomic E-state index is 1.03. The lowest BCUT2D eigenvalue weighted by atomic mass is 10.2. The molecular weight excluding hydrogens is 168 g/mol. The highest BCUT2D eigenvalue weighted by Gasteiger charge is 2.03. The molecule has 70 valence electrons. The van der Waals surface area contributed by atoms with Gasteiger partial charge < -0.3 is 0 Å². The van der Waals surface area contributed by atoms with E-state index >= 15 is 0 Å². The van der Waals surface area contributed by atoms with Crippen LogP contribution in [0.4, 0.5) is 0 Å². The summed E-state index contributed by atoms with van der Waals surface area (Å²) in [6.07, 6.45) is 8.33. The summed E-state index contributed by atoms with van der Waals surface area (Å²) in [5.41, 5.74) is 0. The third-order valence-electron chi connectivity index (χ3n) is 2.09. The highest BCUT2D eigenvalue weighted by Crippen LogP contribution is 2.05. The molecule has 0 aromatic rings. The topological polar surface area (TPSA) is 15.6 Å². The fraction of sp³-hybridized carbons (Fsp3) is 0.889. The summed E-state index contributed by atoms with van der Waals surface area (Å²) < 4.78 is 0. The summed E-state index contributed by atoms with van der Waals surface area (Å²) in [6.45, 7) is 2.27. The summed E-state index contributed by atoms with van der Waals surface area (Å²) in [4.78, 5) is 0. The first-order chi connectivity index (χ1) is 5.93. The maximum atomic E-state index is 4.25. The van der Waals surface area contributed by atoms with Crippen LogP contribution in [0.25, 0.3) is 0 Å². The van der Waals surface area contributed by atoms with E-state index in [1.165, 1.54) is 25.7 Å². The molecule has 1 rings (SSSR count). The second kappa shape index (κ2) is 6.35. The maximum Gasteiger partial charge on any atom is 0.0410 e. The molecule has 0 aliphatic carbocycles. The molecule has 1 heterocycles. The summed E-state index contributed by atoms with van der Waals surface area (Å²) in [5, 5.41) is 6.41. The highest BCUT2D eigenvalue weighted by molar-refractivity contribution is 7.80. The van der Waals surface area contributed by atoms with Crippen molar-refractivity contribution in [2.24, 2.45) is 5.10 Å². The summed E-state index contributed by atoms with van der Waals surface area (Å²) >= 11 is 4.18. The zero-order valence-electron chi connectivity index (χ0n) is 7.58. The molecule has 1 aliphatic heterocycles. The number of unbranched alkanes of at least 4 members (excludes halogenated alkanes) is 3. The van der Waals surface area contributed by atoms with Crippen LogP contribution in [0.15, 0.2) is 5.10 Å². The monoisotopic (exact) mass is 186 g/mol. The predicted molar refractivity (Wildman–Crippen MR) is 57.0 cm³/mol. The molecule has 0 saturated heterocycles. The van der Waals surface area contributed by atoms with Crippen molar-refractivity contribution in [1.82, 2.24) is 5.01 Å². The van der Waals surface area contributed by atoms with E-state index in [2.05, 4.69) is 22.7 Å². The standard InChI is InChI=1S/C9H18N2S/c12-9-4-2-1-3-7-11-8-5-6-10-11/h6,12H,1-5,7-9H2. The Morgan fingerprint density at radius 3 is 2.75 bits per heavy atom. The van der Waals surface area contributed by atoms with Crippen LogP contribution < -0.4 is 0 Å². The van der Waals surface area contributed by atoms with Crippen LogP contribution in [-0.4, -0.2) is 30.1 Å². The van der Waals surface area contributed by atoms with Gasteiger partial charge in [-0.2, -0.15) is 17.7 Å². The van der Waals surface area contributed by atoms with Crippen molar-refractivity contribution < 1.29 is 0 Å². The van der Waals surface area contributed by atoms with E-state index in [-0.39, 0.29) is 0 Å². The van der Waals surface area contributed by atoms with Gasteiger partial charge in [0.1, 0.15) is 0 Å². The van der Waals surface area contributed by atoms with Crippen molar-refractivity contribution >= 4 is 18.8 Å². The molecule has 0 bridgehead atoms. The minimum atomic E-state index is 1.03. The largest absolute Gasteiger partial charge is 0.297 e. The SMILES string of the molecule is SCCCCCCN1CCC=N1. The second-order valence-electron chi connectivity index (χ2n) is 3.18. The lowest BCUT2D eigenvalue weighted by Gasteiger charge is -2.12. The zero-order valence-corrected chi connectivity index (χ0v) is 8.47. The Bertz CT molecular complexity index is 136. The van der Waals surface area contributed by atoms with Crippen molar-refractivity contribution in [1.29, 1.82) is 0 Å². The molecular formula is C9H18N2S. The van der Waals surface area contributed by atoms with E-state index in [4.69, 9.17) is 0 Å². The van der Waals surface area contributed by atoms with Crippen LogP contribution in [0.5, 0.6) is 0 Å². The van der Waals surface area contributed by atoms with Gasteiger partial charge in [-0.1, -0.05) is 12.8 Å². The third kappa shape index (κ3) is 4.00. The molecule has 0 radical (unpaired) electrons. The van der Waals surface area contributed by atoms with Crippen LogP contribution in [-0.2, 0) is 0 Å². The molecule has 3 heteroatoms. The molecule has 0 N–H and O–H groups in total. The summed E-state index contributed by atoms with van der Waals surface area (Å²) in [5.74, 6) is 1.03. The van der Waals surface area contributed by atoms with Gasteiger partial charge >= 0.3 is 0 Å². The number of hydrogen-bond donors (Lipinski definition) is 1. The van der Waals surface area contributed by atoms with Crippen LogP contribution in [0.3, 0.4) is 0 Å². The van der Waals surface area contributed by atoms with E-state index in [1.54, 1.807) is 0 Å². The van der Waals surface area contributed by atoms with Gasteiger partial charge in [-0.15, -0.1) is 0 Å². The molecule has 0 saturated carbocycles. The Labute approximate surface area is 80.4 Å². The number of nitrogens with zero attached hydrogens (tertiary/aromatic N) is 2. The molecule has 0 aromatic carbocycles. The maximum absolute atomic E-state index is 4.25. The molecule has 0 spiro atoms. The second-order valence-corrected chi connectivity index (χ2v) is 3.63. The van der Waals surface area contributed by atoms with E-state index in [0.717, 1.165) is 25.3 Å². The quantitative estimate of drug-likeness (QED) is 0.496. The molecule has 12 heavy (non-hydrogen) atoms. The molecule has 0 atom stereocenters. The van der Waals surface area contributed by atoms with Crippen LogP contribution >= 0.6 is 12.6 Å². The highest BCUT2D eigenvalue weighted by atomic mass is 32.1. The minimum Gasteiger partial charge on any atom is -0.297 e. The average molecular weight is 186 g/mol. The molecule has 0 fully saturated rings. The van der Waals surface area contributed by atoms with Gasteiger partial charge in [0.15, 0.2) is 0 Å². The number of thiol groups is 1. The summed E-state index contributed by atoms with van der Waals surface area (Å²) in [7, 11) is 0. The van der Waals surface area contributed by atoms with Gasteiger partial charge in [0, 0.05) is 25.7 Å². The van der Waals surface area contributed by atoms with Gasteiger partial charge in [0.25, 0.3) is 0 Å². The van der Waals surface area contributed by atoms with Crippen LogP contribution in [0.2, 0.25) is 0 Å². The van der Waals surface area contributed by atoms with Crippen molar-refractivity contribution in [2.75, 3.05) is 18.8 Å². The van der Waals surface area contributed by atoms with Gasteiger partial charge in [-0.3, -0.25) is 5.01 Å². The Kier molecular flexibility index (Phi) is 5.24. The van der Waals surface area contributed by atoms with Gasteiger partial charge in [-0.05, 0) is 18.6 Å². The van der Waals surface area contributed by atoms with Crippen molar-refractivity contribution in [2.45, 2.75) is 32.1 Å². The average Bonchev–Trinajstić information content (AvgIpc) is 2.57. The molecule has 0 aromatic heterocycles. The fourth-order valence-corrected chi connectivity index (χ4v) is 1.59. The number of hydrazone groups is 1. The first-order valence-electron chi connectivity index (χ1n) is 4.82. The predicted octanol–water partition coefficient (Wildman–Crippen LogP) is 2.17. The fourth-order valence-electron chi connectivity index (χ4n) is 1.37. The molecule has 1 aliphatic rings. The summed E-state index contributed by atoms with van der Waals surface area (Å²) in [6, 6.07) is 0. The van der Waals surface area contributed by atoms with Gasteiger partial charge in [0.2, 0.25) is 0 Å². The Morgan fingerprint density at radius 1 is 1.25 bits per heavy atom. The smallest absolute Gasteiger partial charge is 0.0410 e. The van der Waals surface area contributed by atoms with Crippen LogP contribution in [0.1, 0.15) is 32.1 Å². The Balaban J connectivity index is 1.85. The van der Waals surface area contributed by atoms with E-state index < -0.39 is 0 Å². The van der Waals surface area contributed by atoms with Gasteiger partial charge in [-0.25, -0.2) is 0 Å². The third-order valence-corrected chi connectivity index (χ3v) is 2.40. The molecule has 0 unspecified atom stereocenters. The zero-order chi connectivity index (χ0) is 8.65. The van der Waals surface area contributed by atoms with Crippen molar-refractivity contribution in [3.05, 3.63) is 0 Å². The lowest BCUT2D eigenvalue weighted by molar-refractivity contribution is 0.309. The van der Waals surface area contributed by atoms with Gasteiger partial charge in [0.05, 0.1) is 0 Å². The Morgan fingerprint density at radius 2 is 2.08 bits per heavy atom. The van der Waals surface area contributed by atoms with E-state index in [0.29, 0.717) is 0 Å². The first kappa shape index (κ1) is 9.90. The first-order valence-corrected chi connectivity index (χ1v) is 5.45. The molecule has 0 amide bonds.